The van der Waals surface area contributed by atoms with Gasteiger partial charge in [0.05, 0.1) is 4.92 Å². The molecule has 98 valence electrons. The summed E-state index contributed by atoms with van der Waals surface area (Å²) >= 11 is 0. The van der Waals surface area contributed by atoms with E-state index in [4.69, 9.17) is 5.73 Å². The molecule has 6 heteroatoms. The molecule has 0 radical (unpaired) electrons. The maximum atomic E-state index is 11.0. The lowest BCUT2D eigenvalue weighted by molar-refractivity contribution is -0.383. The number of anilines is 2. The van der Waals surface area contributed by atoms with E-state index in [1.54, 1.807) is 18.3 Å². The fraction of sp³-hybridized carbons (Fsp3) is 0.154. The highest BCUT2D eigenvalue weighted by atomic mass is 16.6. The Morgan fingerprint density at radius 3 is 2.79 bits per heavy atom. The van der Waals surface area contributed by atoms with Crippen molar-refractivity contribution in [2.75, 3.05) is 11.1 Å². The molecule has 1 aromatic heterocycles. The minimum absolute atomic E-state index is 0.0948. The number of aryl methyl sites for hydroxylation is 1. The van der Waals surface area contributed by atoms with Crippen molar-refractivity contribution in [3.05, 3.63) is 57.9 Å². The molecule has 6 nitrogen and oxygen atoms in total. The van der Waals surface area contributed by atoms with Gasteiger partial charge in [0.25, 0.3) is 0 Å². The molecule has 0 atom stereocenters. The molecule has 0 aliphatic heterocycles. The number of hydrogen-bond donors (Lipinski definition) is 2. The van der Waals surface area contributed by atoms with Crippen LogP contribution in [0.5, 0.6) is 0 Å². The Labute approximate surface area is 110 Å². The Morgan fingerprint density at radius 2 is 2.16 bits per heavy atom. The van der Waals surface area contributed by atoms with Crippen molar-refractivity contribution < 1.29 is 4.92 Å². The molecule has 2 aromatic rings. The second kappa shape index (κ2) is 5.34. The molecule has 0 unspecified atom stereocenters. The van der Waals surface area contributed by atoms with Gasteiger partial charge in [0.1, 0.15) is 11.4 Å². The first-order valence-corrected chi connectivity index (χ1v) is 5.76. The molecule has 2 rings (SSSR count). The van der Waals surface area contributed by atoms with E-state index in [0.29, 0.717) is 12.2 Å². The zero-order valence-electron chi connectivity index (χ0n) is 10.5. The highest BCUT2D eigenvalue weighted by molar-refractivity contribution is 5.74. The van der Waals surface area contributed by atoms with E-state index in [1.165, 1.54) is 6.07 Å². The molecule has 0 bridgehead atoms. The molecule has 0 saturated carbocycles. The van der Waals surface area contributed by atoms with E-state index in [0.717, 1.165) is 11.3 Å². The minimum atomic E-state index is -0.481. The Kier molecular flexibility index (Phi) is 3.61. The topological polar surface area (TPSA) is 94.1 Å². The Morgan fingerprint density at radius 1 is 1.37 bits per heavy atom. The Hall–Kier alpha value is -2.63. The number of nitrogens with zero attached hydrogens (tertiary/aromatic N) is 2. The van der Waals surface area contributed by atoms with Crippen LogP contribution in [0.4, 0.5) is 17.1 Å². The fourth-order valence-corrected chi connectivity index (χ4v) is 1.71. The lowest BCUT2D eigenvalue weighted by Gasteiger charge is -2.08. The highest BCUT2D eigenvalue weighted by Crippen LogP contribution is 2.30. The quantitative estimate of drug-likeness (QED) is 0.499. The monoisotopic (exact) mass is 258 g/mol. The molecule has 1 aromatic carbocycles. The van der Waals surface area contributed by atoms with Gasteiger partial charge in [0, 0.05) is 18.4 Å². The van der Waals surface area contributed by atoms with E-state index >= 15 is 0 Å². The van der Waals surface area contributed by atoms with Crippen molar-refractivity contribution in [1.29, 1.82) is 0 Å². The van der Waals surface area contributed by atoms with Crippen LogP contribution in [0.2, 0.25) is 0 Å². The van der Waals surface area contributed by atoms with Crippen molar-refractivity contribution in [2.24, 2.45) is 0 Å². The van der Waals surface area contributed by atoms with Crippen molar-refractivity contribution in [3.8, 4) is 0 Å². The lowest BCUT2D eigenvalue weighted by atomic mass is 10.2. The van der Waals surface area contributed by atoms with Gasteiger partial charge in [0.15, 0.2) is 0 Å². The predicted octanol–water partition coefficient (Wildman–Crippen LogP) is 2.49. The van der Waals surface area contributed by atoms with E-state index in [2.05, 4.69) is 10.3 Å². The van der Waals surface area contributed by atoms with Crippen molar-refractivity contribution in [1.82, 2.24) is 4.98 Å². The van der Waals surface area contributed by atoms with Gasteiger partial charge >= 0.3 is 5.69 Å². The molecule has 19 heavy (non-hydrogen) atoms. The first-order chi connectivity index (χ1) is 9.08. The number of benzene rings is 1. The maximum Gasteiger partial charge on any atom is 0.314 e. The SMILES string of the molecule is Cc1ccc(CNc2cccc(N)c2[N+](=O)[O-])cn1. The number of nitrogens with two attached hydrogens (primary N) is 1. The summed E-state index contributed by atoms with van der Waals surface area (Å²) in [6.45, 7) is 2.36. The minimum Gasteiger partial charge on any atom is -0.393 e. The first-order valence-electron chi connectivity index (χ1n) is 5.76. The molecule has 0 aliphatic rings. The van der Waals surface area contributed by atoms with Gasteiger partial charge in [-0.05, 0) is 30.7 Å². The van der Waals surface area contributed by atoms with Gasteiger partial charge in [-0.2, -0.15) is 0 Å². The molecule has 0 amide bonds. The van der Waals surface area contributed by atoms with Crippen LogP contribution in [0.1, 0.15) is 11.3 Å². The normalized spacial score (nSPS) is 10.2. The van der Waals surface area contributed by atoms with Crippen LogP contribution in [0.3, 0.4) is 0 Å². The van der Waals surface area contributed by atoms with Crippen molar-refractivity contribution >= 4 is 17.1 Å². The molecule has 3 N–H and O–H groups in total. The number of para-hydroxylation sites is 1. The Balaban J connectivity index is 2.18. The maximum absolute atomic E-state index is 11.0. The van der Waals surface area contributed by atoms with E-state index < -0.39 is 4.92 Å². The third-order valence-electron chi connectivity index (χ3n) is 2.71. The van der Waals surface area contributed by atoms with Crippen LogP contribution in [0, 0.1) is 17.0 Å². The number of nitro benzene ring substituents is 1. The lowest BCUT2D eigenvalue weighted by Crippen LogP contribution is -2.05. The number of aromatic nitrogens is 1. The van der Waals surface area contributed by atoms with Crippen LogP contribution in [-0.4, -0.2) is 9.91 Å². The molecule has 0 aliphatic carbocycles. The second-order valence-corrected chi connectivity index (χ2v) is 4.16. The number of nitrogen functional groups attached to an aromatic ring is 1. The summed E-state index contributed by atoms with van der Waals surface area (Å²) in [5.74, 6) is 0. The summed E-state index contributed by atoms with van der Waals surface area (Å²) < 4.78 is 0. The molecule has 0 saturated heterocycles. The number of pyridine rings is 1. The third-order valence-corrected chi connectivity index (χ3v) is 2.71. The fourth-order valence-electron chi connectivity index (χ4n) is 1.71. The summed E-state index contributed by atoms with van der Waals surface area (Å²) in [6.07, 6.45) is 1.74. The standard InChI is InChI=1S/C13H14N4O2/c1-9-5-6-10(7-15-9)8-16-12-4-2-3-11(14)13(12)17(18)19/h2-7,16H,8,14H2,1H3. The molecular formula is C13H14N4O2. The zero-order chi connectivity index (χ0) is 13.8. The molecular weight excluding hydrogens is 244 g/mol. The Bertz CT molecular complexity index is 596. The van der Waals surface area contributed by atoms with Crippen LogP contribution in [0.25, 0.3) is 0 Å². The molecule has 0 fully saturated rings. The van der Waals surface area contributed by atoms with Gasteiger partial charge in [-0.1, -0.05) is 12.1 Å². The number of hydrogen-bond acceptors (Lipinski definition) is 5. The zero-order valence-corrected chi connectivity index (χ0v) is 10.5. The van der Waals surface area contributed by atoms with Crippen LogP contribution in [0.15, 0.2) is 36.5 Å². The summed E-state index contributed by atoms with van der Waals surface area (Å²) in [5, 5.41) is 14.0. The van der Waals surface area contributed by atoms with E-state index in [-0.39, 0.29) is 11.4 Å². The highest BCUT2D eigenvalue weighted by Gasteiger charge is 2.17. The smallest absolute Gasteiger partial charge is 0.314 e. The summed E-state index contributed by atoms with van der Waals surface area (Å²) in [4.78, 5) is 14.7. The number of rotatable bonds is 4. The van der Waals surface area contributed by atoms with Crippen LogP contribution < -0.4 is 11.1 Å². The molecule has 1 heterocycles. The average molecular weight is 258 g/mol. The van der Waals surface area contributed by atoms with Gasteiger partial charge < -0.3 is 11.1 Å². The summed E-state index contributed by atoms with van der Waals surface area (Å²) in [6, 6.07) is 8.64. The van der Waals surface area contributed by atoms with Gasteiger partial charge in [-0.15, -0.1) is 0 Å². The van der Waals surface area contributed by atoms with Crippen LogP contribution in [-0.2, 0) is 6.54 Å². The van der Waals surface area contributed by atoms with Gasteiger partial charge in [-0.25, -0.2) is 0 Å². The third kappa shape index (κ3) is 2.98. The summed E-state index contributed by atoms with van der Waals surface area (Å²) in [7, 11) is 0. The second-order valence-electron chi connectivity index (χ2n) is 4.16. The van der Waals surface area contributed by atoms with E-state index in [1.807, 2.05) is 19.1 Å². The first kappa shape index (κ1) is 12.8. The van der Waals surface area contributed by atoms with E-state index in [9.17, 15) is 10.1 Å². The van der Waals surface area contributed by atoms with Gasteiger partial charge in [-0.3, -0.25) is 15.1 Å². The largest absolute Gasteiger partial charge is 0.393 e. The average Bonchev–Trinajstić information content (AvgIpc) is 2.37. The number of nitro groups is 1. The predicted molar refractivity (Wildman–Crippen MR) is 73.8 cm³/mol. The number of nitrogens with one attached hydrogen (secondary N) is 1. The van der Waals surface area contributed by atoms with Crippen LogP contribution >= 0.6 is 0 Å². The van der Waals surface area contributed by atoms with Crippen molar-refractivity contribution in [2.45, 2.75) is 13.5 Å². The van der Waals surface area contributed by atoms with Crippen molar-refractivity contribution in [3.63, 3.8) is 0 Å². The molecule has 0 spiro atoms. The summed E-state index contributed by atoms with van der Waals surface area (Å²) in [5.41, 5.74) is 7.96. The van der Waals surface area contributed by atoms with Gasteiger partial charge in [0.2, 0.25) is 0 Å².